The van der Waals surface area contributed by atoms with Crippen molar-refractivity contribution in [1.29, 1.82) is 0 Å². The normalized spacial score (nSPS) is 23.6. The molecule has 112 valence electrons. The molecule has 20 heavy (non-hydrogen) atoms. The van der Waals surface area contributed by atoms with Crippen LogP contribution in [0.4, 0.5) is 0 Å². The summed E-state index contributed by atoms with van der Waals surface area (Å²) in [5.41, 5.74) is 5.83. The van der Waals surface area contributed by atoms with Gasteiger partial charge in [0, 0.05) is 16.6 Å². The summed E-state index contributed by atoms with van der Waals surface area (Å²) in [5.74, 6) is 0.341. The van der Waals surface area contributed by atoms with E-state index in [0.29, 0.717) is 10.2 Å². The SMILES string of the molecule is COc1ccc(Br)cc1S(=O)(=O)NC1CCC(N)CC1. The highest BCUT2D eigenvalue weighted by Crippen LogP contribution is 2.28. The Balaban J connectivity index is 2.20. The average Bonchev–Trinajstić information content (AvgIpc) is 2.41. The molecule has 0 heterocycles. The molecule has 0 spiro atoms. The van der Waals surface area contributed by atoms with Crippen molar-refractivity contribution in [3.8, 4) is 5.75 Å². The fraction of sp³-hybridized carbons (Fsp3) is 0.538. The van der Waals surface area contributed by atoms with E-state index >= 15 is 0 Å². The maximum atomic E-state index is 12.5. The van der Waals surface area contributed by atoms with Gasteiger partial charge in [-0.15, -0.1) is 0 Å². The Bertz CT molecular complexity index is 569. The van der Waals surface area contributed by atoms with Crippen LogP contribution in [-0.4, -0.2) is 27.6 Å². The van der Waals surface area contributed by atoms with Gasteiger partial charge in [0.2, 0.25) is 10.0 Å². The first-order valence-electron chi connectivity index (χ1n) is 6.54. The van der Waals surface area contributed by atoms with Crippen molar-refractivity contribution in [3.05, 3.63) is 22.7 Å². The highest BCUT2D eigenvalue weighted by molar-refractivity contribution is 9.10. The maximum absolute atomic E-state index is 12.5. The number of sulfonamides is 1. The van der Waals surface area contributed by atoms with Gasteiger partial charge >= 0.3 is 0 Å². The second-order valence-electron chi connectivity index (χ2n) is 5.03. The van der Waals surface area contributed by atoms with Crippen LogP contribution >= 0.6 is 15.9 Å². The molecule has 1 aromatic rings. The van der Waals surface area contributed by atoms with Crippen LogP contribution in [0.2, 0.25) is 0 Å². The van der Waals surface area contributed by atoms with Gasteiger partial charge in [-0.05, 0) is 43.9 Å². The van der Waals surface area contributed by atoms with Crippen LogP contribution in [0.15, 0.2) is 27.6 Å². The molecule has 1 aromatic carbocycles. The van der Waals surface area contributed by atoms with Crippen LogP contribution in [0.1, 0.15) is 25.7 Å². The molecule has 0 bridgehead atoms. The Morgan fingerprint density at radius 2 is 1.95 bits per heavy atom. The third-order valence-electron chi connectivity index (χ3n) is 3.51. The van der Waals surface area contributed by atoms with Crippen LogP contribution in [0, 0.1) is 0 Å². The monoisotopic (exact) mass is 362 g/mol. The first-order valence-corrected chi connectivity index (χ1v) is 8.81. The van der Waals surface area contributed by atoms with E-state index in [4.69, 9.17) is 10.5 Å². The zero-order chi connectivity index (χ0) is 14.8. The number of hydrogen-bond donors (Lipinski definition) is 2. The lowest BCUT2D eigenvalue weighted by Crippen LogP contribution is -2.40. The molecular weight excluding hydrogens is 344 g/mol. The minimum Gasteiger partial charge on any atom is -0.495 e. The fourth-order valence-corrected chi connectivity index (χ4v) is 4.39. The molecule has 0 aromatic heterocycles. The number of nitrogens with two attached hydrogens (primary N) is 1. The molecule has 7 heteroatoms. The highest BCUT2D eigenvalue weighted by atomic mass is 79.9. The van der Waals surface area contributed by atoms with Crippen LogP contribution in [0.25, 0.3) is 0 Å². The van der Waals surface area contributed by atoms with Gasteiger partial charge in [-0.25, -0.2) is 13.1 Å². The lowest BCUT2D eigenvalue weighted by Gasteiger charge is -2.26. The van der Waals surface area contributed by atoms with Crippen molar-refractivity contribution in [3.63, 3.8) is 0 Å². The predicted molar refractivity (Wildman–Crippen MR) is 81.2 cm³/mol. The van der Waals surface area contributed by atoms with Gasteiger partial charge in [-0.2, -0.15) is 0 Å². The van der Waals surface area contributed by atoms with Crippen LogP contribution in [0.5, 0.6) is 5.75 Å². The lowest BCUT2D eigenvalue weighted by molar-refractivity contribution is 0.371. The van der Waals surface area contributed by atoms with Crippen molar-refractivity contribution < 1.29 is 13.2 Å². The number of rotatable bonds is 4. The van der Waals surface area contributed by atoms with E-state index in [1.54, 1.807) is 18.2 Å². The van der Waals surface area contributed by atoms with Gasteiger partial charge in [-0.3, -0.25) is 0 Å². The molecule has 5 nitrogen and oxygen atoms in total. The number of ether oxygens (including phenoxy) is 1. The molecule has 0 unspecified atom stereocenters. The van der Waals surface area contributed by atoms with E-state index in [9.17, 15) is 8.42 Å². The first kappa shape index (κ1) is 15.8. The molecular formula is C13H19BrN2O3S. The van der Waals surface area contributed by atoms with Gasteiger partial charge < -0.3 is 10.5 Å². The minimum absolute atomic E-state index is 0.0523. The number of benzene rings is 1. The van der Waals surface area contributed by atoms with Gasteiger partial charge in [0.1, 0.15) is 10.6 Å². The third kappa shape index (κ3) is 3.72. The number of methoxy groups -OCH3 is 1. The molecule has 3 N–H and O–H groups in total. The zero-order valence-electron chi connectivity index (χ0n) is 11.3. The quantitative estimate of drug-likeness (QED) is 0.858. The molecule has 1 fully saturated rings. The van der Waals surface area contributed by atoms with Crippen molar-refractivity contribution in [2.24, 2.45) is 5.73 Å². The summed E-state index contributed by atoms with van der Waals surface area (Å²) >= 11 is 3.29. The van der Waals surface area contributed by atoms with E-state index < -0.39 is 10.0 Å². The van der Waals surface area contributed by atoms with Gasteiger partial charge in [-0.1, -0.05) is 15.9 Å². The number of halogens is 1. The summed E-state index contributed by atoms with van der Waals surface area (Å²) in [7, 11) is -2.13. The van der Waals surface area contributed by atoms with Gasteiger partial charge in [0.15, 0.2) is 0 Å². The average molecular weight is 363 g/mol. The Kier molecular flexibility index (Phi) is 5.06. The van der Waals surface area contributed by atoms with Crippen molar-refractivity contribution in [2.45, 2.75) is 42.7 Å². The minimum atomic E-state index is -3.59. The van der Waals surface area contributed by atoms with E-state index in [2.05, 4.69) is 20.7 Å². The molecule has 0 atom stereocenters. The molecule has 0 aliphatic heterocycles. The molecule has 1 aliphatic rings. The molecule has 1 saturated carbocycles. The van der Waals surface area contributed by atoms with Crippen molar-refractivity contribution in [1.82, 2.24) is 4.72 Å². The highest BCUT2D eigenvalue weighted by Gasteiger charge is 2.26. The van der Waals surface area contributed by atoms with E-state index in [1.807, 2.05) is 0 Å². The molecule has 2 rings (SSSR count). The molecule has 0 radical (unpaired) electrons. The Morgan fingerprint density at radius 3 is 2.55 bits per heavy atom. The van der Waals surface area contributed by atoms with Gasteiger partial charge in [0.05, 0.1) is 7.11 Å². The summed E-state index contributed by atoms with van der Waals surface area (Å²) in [5, 5.41) is 0. The van der Waals surface area contributed by atoms with Crippen molar-refractivity contribution in [2.75, 3.05) is 7.11 Å². The Hall–Kier alpha value is -0.630. The van der Waals surface area contributed by atoms with E-state index in [-0.39, 0.29) is 17.0 Å². The second-order valence-corrected chi connectivity index (χ2v) is 7.63. The predicted octanol–water partition coefficient (Wildman–Crippen LogP) is 2.01. The largest absolute Gasteiger partial charge is 0.495 e. The molecule has 0 amide bonds. The van der Waals surface area contributed by atoms with E-state index in [1.165, 1.54) is 7.11 Å². The Morgan fingerprint density at radius 1 is 1.30 bits per heavy atom. The second kappa shape index (κ2) is 6.43. The number of nitrogens with one attached hydrogen (secondary N) is 1. The summed E-state index contributed by atoms with van der Waals surface area (Å²) < 4.78 is 33.5. The van der Waals surface area contributed by atoms with Crippen molar-refractivity contribution >= 4 is 26.0 Å². The van der Waals surface area contributed by atoms with Crippen LogP contribution in [0.3, 0.4) is 0 Å². The number of hydrogen-bond acceptors (Lipinski definition) is 4. The lowest BCUT2D eigenvalue weighted by atomic mass is 9.93. The smallest absolute Gasteiger partial charge is 0.244 e. The third-order valence-corrected chi connectivity index (χ3v) is 5.54. The van der Waals surface area contributed by atoms with Crippen LogP contribution < -0.4 is 15.2 Å². The zero-order valence-corrected chi connectivity index (χ0v) is 13.7. The van der Waals surface area contributed by atoms with E-state index in [0.717, 1.165) is 25.7 Å². The maximum Gasteiger partial charge on any atom is 0.244 e. The standard InChI is InChI=1S/C13H19BrN2O3S/c1-19-12-7-2-9(14)8-13(12)20(17,18)16-11-5-3-10(15)4-6-11/h2,7-8,10-11,16H,3-6,15H2,1H3. The van der Waals surface area contributed by atoms with Crippen LogP contribution in [-0.2, 0) is 10.0 Å². The fourth-order valence-electron chi connectivity index (χ4n) is 2.38. The van der Waals surface area contributed by atoms with Gasteiger partial charge in [0.25, 0.3) is 0 Å². The first-order chi connectivity index (χ1) is 9.42. The summed E-state index contributed by atoms with van der Waals surface area (Å²) in [6.45, 7) is 0. The molecule has 1 aliphatic carbocycles. The summed E-state index contributed by atoms with van der Waals surface area (Å²) in [6, 6.07) is 5.07. The summed E-state index contributed by atoms with van der Waals surface area (Å²) in [6.07, 6.45) is 3.25. The molecule has 0 saturated heterocycles. The topological polar surface area (TPSA) is 81.4 Å². The Labute approximate surface area is 128 Å². The summed E-state index contributed by atoms with van der Waals surface area (Å²) in [4.78, 5) is 0.157.